The zero-order valence-electron chi connectivity index (χ0n) is 11.9. The molecule has 4 heteroatoms. The predicted molar refractivity (Wildman–Crippen MR) is 76.0 cm³/mol. The molecule has 2 N–H and O–H groups in total. The minimum Gasteiger partial charge on any atom is -0.507 e. The highest BCUT2D eigenvalue weighted by Gasteiger charge is 2.12. The van der Waals surface area contributed by atoms with E-state index in [0.29, 0.717) is 12.3 Å². The van der Waals surface area contributed by atoms with Gasteiger partial charge >= 0.3 is 0 Å². The highest BCUT2D eigenvalue weighted by Crippen LogP contribution is 2.23. The van der Waals surface area contributed by atoms with Gasteiger partial charge in [0.25, 0.3) is 0 Å². The number of aryl methyl sites for hydroxylation is 2. The Bertz CT molecular complexity index is 575. The van der Waals surface area contributed by atoms with Crippen LogP contribution in [0.1, 0.15) is 35.3 Å². The molecule has 0 aliphatic rings. The van der Waals surface area contributed by atoms with E-state index >= 15 is 0 Å². The van der Waals surface area contributed by atoms with E-state index in [1.54, 1.807) is 0 Å². The third-order valence-corrected chi connectivity index (χ3v) is 3.66. The Morgan fingerprint density at radius 1 is 1.37 bits per heavy atom. The van der Waals surface area contributed by atoms with Crippen molar-refractivity contribution in [2.45, 2.75) is 33.4 Å². The van der Waals surface area contributed by atoms with Crippen LogP contribution in [0.25, 0.3) is 0 Å². The van der Waals surface area contributed by atoms with Gasteiger partial charge in [0, 0.05) is 36.5 Å². The van der Waals surface area contributed by atoms with Gasteiger partial charge in [-0.05, 0) is 26.3 Å². The lowest BCUT2D eigenvalue weighted by molar-refractivity contribution is 0.456. The number of hydrogen-bond acceptors (Lipinski definition) is 3. The van der Waals surface area contributed by atoms with Crippen LogP contribution in [0.3, 0.4) is 0 Å². The van der Waals surface area contributed by atoms with Crippen LogP contribution in [0.5, 0.6) is 5.75 Å². The molecule has 0 bridgehead atoms. The van der Waals surface area contributed by atoms with Gasteiger partial charge in [-0.25, -0.2) is 0 Å². The number of nitrogens with one attached hydrogen (secondary N) is 1. The lowest BCUT2D eigenvalue weighted by atomic mass is 10.1. The first-order chi connectivity index (χ1) is 9.00. The van der Waals surface area contributed by atoms with Crippen LogP contribution in [0.15, 0.2) is 24.4 Å². The van der Waals surface area contributed by atoms with Crippen LogP contribution in [-0.2, 0) is 13.6 Å². The molecular formula is C15H21N3O. The van der Waals surface area contributed by atoms with Gasteiger partial charge in [0.1, 0.15) is 5.75 Å². The van der Waals surface area contributed by atoms with Gasteiger partial charge in [0.2, 0.25) is 0 Å². The van der Waals surface area contributed by atoms with E-state index in [2.05, 4.69) is 24.3 Å². The maximum Gasteiger partial charge on any atom is 0.122 e. The molecular weight excluding hydrogens is 238 g/mol. The summed E-state index contributed by atoms with van der Waals surface area (Å²) in [7, 11) is 1.94. The lowest BCUT2D eigenvalue weighted by Crippen LogP contribution is -2.18. The molecule has 4 nitrogen and oxygen atoms in total. The average Bonchev–Trinajstić information content (AvgIpc) is 2.72. The summed E-state index contributed by atoms with van der Waals surface area (Å²) in [5, 5.41) is 17.7. The molecule has 0 aliphatic carbocycles. The number of aromatic nitrogens is 2. The van der Waals surface area contributed by atoms with Crippen molar-refractivity contribution >= 4 is 0 Å². The molecule has 0 spiro atoms. The van der Waals surface area contributed by atoms with Crippen LogP contribution in [-0.4, -0.2) is 14.9 Å². The summed E-state index contributed by atoms with van der Waals surface area (Å²) in [6.07, 6.45) is 1.89. The van der Waals surface area contributed by atoms with E-state index in [4.69, 9.17) is 0 Å². The monoisotopic (exact) mass is 259 g/mol. The number of hydrogen-bond donors (Lipinski definition) is 2. The SMILES string of the molecule is Cc1cccc(CNC(C)c2cnn(C)c2C)c1O. The second kappa shape index (κ2) is 5.45. The number of benzene rings is 1. The smallest absolute Gasteiger partial charge is 0.122 e. The quantitative estimate of drug-likeness (QED) is 0.887. The number of para-hydroxylation sites is 1. The Labute approximate surface area is 114 Å². The van der Waals surface area contributed by atoms with Crippen molar-refractivity contribution in [3.8, 4) is 5.75 Å². The molecule has 19 heavy (non-hydrogen) atoms. The topological polar surface area (TPSA) is 50.1 Å². The van der Waals surface area contributed by atoms with Crippen molar-refractivity contribution < 1.29 is 5.11 Å². The average molecular weight is 259 g/mol. The molecule has 1 aromatic heterocycles. The highest BCUT2D eigenvalue weighted by atomic mass is 16.3. The number of nitrogens with zero attached hydrogens (tertiary/aromatic N) is 2. The fraction of sp³-hybridized carbons (Fsp3) is 0.400. The Kier molecular flexibility index (Phi) is 3.90. The minimum atomic E-state index is 0.202. The summed E-state index contributed by atoms with van der Waals surface area (Å²) in [5.41, 5.74) is 4.18. The van der Waals surface area contributed by atoms with E-state index in [1.165, 1.54) is 5.56 Å². The fourth-order valence-electron chi connectivity index (χ4n) is 2.18. The molecule has 0 aliphatic heterocycles. The van der Waals surface area contributed by atoms with Crippen LogP contribution in [0, 0.1) is 13.8 Å². The standard InChI is InChI=1S/C15H21N3O/c1-10-6-5-7-13(15(10)19)8-16-11(2)14-9-17-18(4)12(14)3/h5-7,9,11,16,19H,8H2,1-4H3. The van der Waals surface area contributed by atoms with E-state index in [0.717, 1.165) is 16.8 Å². The third kappa shape index (κ3) is 2.79. The first kappa shape index (κ1) is 13.6. The van der Waals surface area contributed by atoms with E-state index in [1.807, 2.05) is 43.0 Å². The van der Waals surface area contributed by atoms with E-state index < -0.39 is 0 Å². The van der Waals surface area contributed by atoms with Crippen molar-refractivity contribution in [2.75, 3.05) is 0 Å². The predicted octanol–water partition coefficient (Wildman–Crippen LogP) is 2.59. The Hall–Kier alpha value is -1.81. The number of phenolic OH excluding ortho intramolecular Hbond substituents is 1. The van der Waals surface area contributed by atoms with Crippen molar-refractivity contribution in [3.05, 3.63) is 46.8 Å². The second-order valence-corrected chi connectivity index (χ2v) is 4.99. The Morgan fingerprint density at radius 3 is 2.74 bits per heavy atom. The summed E-state index contributed by atoms with van der Waals surface area (Å²) < 4.78 is 1.87. The molecule has 1 atom stereocenters. The Balaban J connectivity index is 2.06. The molecule has 1 unspecified atom stereocenters. The molecule has 0 amide bonds. The molecule has 1 heterocycles. The molecule has 2 rings (SSSR count). The zero-order valence-corrected chi connectivity index (χ0v) is 11.9. The molecule has 1 aromatic carbocycles. The number of rotatable bonds is 4. The number of phenols is 1. The lowest BCUT2D eigenvalue weighted by Gasteiger charge is -2.15. The second-order valence-electron chi connectivity index (χ2n) is 4.99. The van der Waals surface area contributed by atoms with Gasteiger partial charge in [-0.2, -0.15) is 5.10 Å². The van der Waals surface area contributed by atoms with Crippen molar-refractivity contribution in [1.29, 1.82) is 0 Å². The van der Waals surface area contributed by atoms with Gasteiger partial charge in [-0.3, -0.25) is 4.68 Å². The fourth-order valence-corrected chi connectivity index (χ4v) is 2.18. The third-order valence-electron chi connectivity index (χ3n) is 3.66. The van der Waals surface area contributed by atoms with Crippen LogP contribution < -0.4 is 5.32 Å². The maximum absolute atomic E-state index is 9.98. The number of aromatic hydroxyl groups is 1. The summed E-state index contributed by atoms with van der Waals surface area (Å²) >= 11 is 0. The largest absolute Gasteiger partial charge is 0.507 e. The maximum atomic E-state index is 9.98. The van der Waals surface area contributed by atoms with Crippen LogP contribution in [0.2, 0.25) is 0 Å². The van der Waals surface area contributed by atoms with Crippen LogP contribution >= 0.6 is 0 Å². The van der Waals surface area contributed by atoms with Gasteiger partial charge in [0.05, 0.1) is 6.20 Å². The molecule has 0 fully saturated rings. The first-order valence-electron chi connectivity index (χ1n) is 6.50. The van der Waals surface area contributed by atoms with Crippen molar-refractivity contribution in [3.63, 3.8) is 0 Å². The summed E-state index contributed by atoms with van der Waals surface area (Å²) in [5.74, 6) is 0.380. The molecule has 0 saturated carbocycles. The highest BCUT2D eigenvalue weighted by molar-refractivity contribution is 5.39. The summed E-state index contributed by atoms with van der Waals surface area (Å²) in [4.78, 5) is 0. The van der Waals surface area contributed by atoms with Gasteiger partial charge in [0.15, 0.2) is 0 Å². The zero-order chi connectivity index (χ0) is 14.0. The van der Waals surface area contributed by atoms with Gasteiger partial charge < -0.3 is 10.4 Å². The van der Waals surface area contributed by atoms with Gasteiger partial charge in [-0.1, -0.05) is 18.2 Å². The normalized spacial score (nSPS) is 12.6. The van der Waals surface area contributed by atoms with E-state index in [-0.39, 0.29) is 6.04 Å². The molecule has 0 saturated heterocycles. The van der Waals surface area contributed by atoms with Crippen LogP contribution in [0.4, 0.5) is 0 Å². The molecule has 2 aromatic rings. The van der Waals surface area contributed by atoms with E-state index in [9.17, 15) is 5.11 Å². The first-order valence-corrected chi connectivity index (χ1v) is 6.50. The minimum absolute atomic E-state index is 0.202. The van der Waals surface area contributed by atoms with Crippen molar-refractivity contribution in [2.24, 2.45) is 7.05 Å². The molecule has 0 radical (unpaired) electrons. The van der Waals surface area contributed by atoms with Gasteiger partial charge in [-0.15, -0.1) is 0 Å². The summed E-state index contributed by atoms with van der Waals surface area (Å²) in [6.45, 7) is 6.72. The Morgan fingerprint density at radius 2 is 2.11 bits per heavy atom. The summed E-state index contributed by atoms with van der Waals surface area (Å²) in [6, 6.07) is 6.02. The molecule has 102 valence electrons. The van der Waals surface area contributed by atoms with Crippen molar-refractivity contribution in [1.82, 2.24) is 15.1 Å².